The Labute approximate surface area is 150 Å². The summed E-state index contributed by atoms with van der Waals surface area (Å²) in [5.74, 6) is 0.701. The Hall–Kier alpha value is -1.68. The van der Waals surface area contributed by atoms with E-state index in [0.29, 0.717) is 31.7 Å². The third-order valence-electron chi connectivity index (χ3n) is 4.92. The molecule has 3 nitrogen and oxygen atoms in total. The Bertz CT molecular complexity index is 614. The maximum absolute atomic E-state index is 6.25. The van der Waals surface area contributed by atoms with Crippen LogP contribution in [0.3, 0.4) is 0 Å². The quantitative estimate of drug-likeness (QED) is 0.745. The second-order valence-corrected chi connectivity index (χ2v) is 6.97. The standard InChI is InChI=1S/C22H28O3/c1-17-13-24-21(16-23-14-19-9-5-3-6-10-19)18(2)22(17)25-15-20-11-7-4-8-12-20/h3-12,17-18,21-22H,13-16H2,1-2H3/t17-,18+,21-,22-/m1/s1. The van der Waals surface area contributed by atoms with Gasteiger partial charge in [-0.3, -0.25) is 0 Å². The highest BCUT2D eigenvalue weighted by Gasteiger charge is 2.36. The predicted molar refractivity (Wildman–Crippen MR) is 99.2 cm³/mol. The average Bonchev–Trinajstić information content (AvgIpc) is 2.65. The van der Waals surface area contributed by atoms with E-state index < -0.39 is 0 Å². The average molecular weight is 340 g/mol. The Morgan fingerprint density at radius 3 is 2.12 bits per heavy atom. The van der Waals surface area contributed by atoms with Gasteiger partial charge in [0, 0.05) is 11.8 Å². The Balaban J connectivity index is 1.50. The molecule has 0 saturated carbocycles. The summed E-state index contributed by atoms with van der Waals surface area (Å²) in [6, 6.07) is 20.6. The van der Waals surface area contributed by atoms with Crippen molar-refractivity contribution in [3.05, 3.63) is 71.8 Å². The van der Waals surface area contributed by atoms with Crippen LogP contribution in [0, 0.1) is 11.8 Å². The van der Waals surface area contributed by atoms with Crippen molar-refractivity contribution in [2.75, 3.05) is 13.2 Å². The van der Waals surface area contributed by atoms with Crippen molar-refractivity contribution in [3.8, 4) is 0 Å². The van der Waals surface area contributed by atoms with E-state index in [9.17, 15) is 0 Å². The summed E-state index contributed by atoms with van der Waals surface area (Å²) in [4.78, 5) is 0. The highest BCUT2D eigenvalue weighted by atomic mass is 16.5. The molecular formula is C22H28O3. The van der Waals surface area contributed by atoms with Crippen LogP contribution >= 0.6 is 0 Å². The molecular weight excluding hydrogens is 312 g/mol. The molecule has 0 radical (unpaired) electrons. The number of benzene rings is 2. The first-order valence-corrected chi connectivity index (χ1v) is 9.13. The van der Waals surface area contributed by atoms with Gasteiger partial charge in [0.2, 0.25) is 0 Å². The van der Waals surface area contributed by atoms with Gasteiger partial charge in [-0.1, -0.05) is 74.5 Å². The summed E-state index contributed by atoms with van der Waals surface area (Å²) in [6.45, 7) is 7.02. The molecule has 0 bridgehead atoms. The summed E-state index contributed by atoms with van der Waals surface area (Å²) in [6.07, 6.45) is 0.278. The van der Waals surface area contributed by atoms with Crippen molar-refractivity contribution in [2.45, 2.75) is 39.3 Å². The zero-order chi connectivity index (χ0) is 17.5. The van der Waals surface area contributed by atoms with Crippen LogP contribution in [0.5, 0.6) is 0 Å². The van der Waals surface area contributed by atoms with Crippen molar-refractivity contribution in [1.82, 2.24) is 0 Å². The van der Waals surface area contributed by atoms with Gasteiger partial charge in [0.25, 0.3) is 0 Å². The number of hydrogen-bond donors (Lipinski definition) is 0. The van der Waals surface area contributed by atoms with Gasteiger partial charge in [-0.05, 0) is 11.1 Å². The third kappa shape index (κ3) is 5.15. The van der Waals surface area contributed by atoms with Crippen molar-refractivity contribution >= 4 is 0 Å². The highest BCUT2D eigenvalue weighted by Crippen LogP contribution is 2.29. The number of hydrogen-bond acceptors (Lipinski definition) is 3. The molecule has 3 rings (SSSR count). The lowest BCUT2D eigenvalue weighted by Gasteiger charge is -2.40. The molecule has 0 aromatic heterocycles. The van der Waals surface area contributed by atoms with Crippen molar-refractivity contribution in [1.29, 1.82) is 0 Å². The first-order chi connectivity index (χ1) is 12.2. The maximum Gasteiger partial charge on any atom is 0.0859 e. The molecule has 134 valence electrons. The van der Waals surface area contributed by atoms with Crippen molar-refractivity contribution < 1.29 is 14.2 Å². The van der Waals surface area contributed by atoms with Gasteiger partial charge in [0.15, 0.2) is 0 Å². The minimum Gasteiger partial charge on any atom is -0.375 e. The van der Waals surface area contributed by atoms with E-state index in [1.54, 1.807) is 0 Å². The first-order valence-electron chi connectivity index (χ1n) is 9.13. The topological polar surface area (TPSA) is 27.7 Å². The summed E-state index contributed by atoms with van der Waals surface area (Å²) >= 11 is 0. The monoisotopic (exact) mass is 340 g/mol. The molecule has 0 aliphatic carbocycles. The fourth-order valence-corrected chi connectivity index (χ4v) is 3.40. The van der Waals surface area contributed by atoms with Gasteiger partial charge in [-0.25, -0.2) is 0 Å². The molecule has 0 amide bonds. The zero-order valence-corrected chi connectivity index (χ0v) is 15.1. The van der Waals surface area contributed by atoms with E-state index in [-0.39, 0.29) is 12.2 Å². The minimum atomic E-state index is 0.0840. The smallest absolute Gasteiger partial charge is 0.0859 e. The van der Waals surface area contributed by atoms with Crippen LogP contribution < -0.4 is 0 Å². The molecule has 3 heteroatoms. The highest BCUT2D eigenvalue weighted by molar-refractivity contribution is 5.14. The second kappa shape index (κ2) is 9.14. The number of rotatable bonds is 7. The van der Waals surface area contributed by atoms with E-state index >= 15 is 0 Å². The molecule has 1 saturated heterocycles. The van der Waals surface area contributed by atoms with Crippen LogP contribution in [-0.2, 0) is 27.4 Å². The fourth-order valence-electron chi connectivity index (χ4n) is 3.40. The Kier molecular flexibility index (Phi) is 6.62. The largest absolute Gasteiger partial charge is 0.375 e. The second-order valence-electron chi connectivity index (χ2n) is 6.97. The van der Waals surface area contributed by atoms with Gasteiger partial charge in [-0.2, -0.15) is 0 Å². The van der Waals surface area contributed by atoms with Crippen molar-refractivity contribution in [2.24, 2.45) is 11.8 Å². The normalized spacial score (nSPS) is 26.5. The van der Waals surface area contributed by atoms with Crippen LogP contribution in [0.25, 0.3) is 0 Å². The van der Waals surface area contributed by atoms with Crippen LogP contribution in [0.15, 0.2) is 60.7 Å². The molecule has 2 aromatic carbocycles. The summed E-state index contributed by atoms with van der Waals surface area (Å²) in [5, 5.41) is 0. The van der Waals surface area contributed by atoms with E-state index in [0.717, 1.165) is 6.61 Å². The van der Waals surface area contributed by atoms with Crippen LogP contribution in [-0.4, -0.2) is 25.4 Å². The van der Waals surface area contributed by atoms with Gasteiger partial charge in [0.05, 0.1) is 38.6 Å². The van der Waals surface area contributed by atoms with Crippen LogP contribution in [0.1, 0.15) is 25.0 Å². The van der Waals surface area contributed by atoms with E-state index in [1.807, 2.05) is 24.3 Å². The maximum atomic E-state index is 6.25. The lowest BCUT2D eigenvalue weighted by atomic mass is 9.87. The van der Waals surface area contributed by atoms with Crippen LogP contribution in [0.2, 0.25) is 0 Å². The van der Waals surface area contributed by atoms with E-state index in [4.69, 9.17) is 14.2 Å². The molecule has 1 heterocycles. The molecule has 1 aliphatic heterocycles. The van der Waals surface area contributed by atoms with Gasteiger partial charge in [0.1, 0.15) is 0 Å². The predicted octanol–water partition coefficient (Wildman–Crippen LogP) is 4.46. The molecule has 25 heavy (non-hydrogen) atoms. The van der Waals surface area contributed by atoms with E-state index in [2.05, 4.69) is 50.2 Å². The zero-order valence-electron chi connectivity index (χ0n) is 15.1. The number of ether oxygens (including phenoxy) is 3. The first kappa shape index (κ1) is 18.1. The van der Waals surface area contributed by atoms with Crippen LogP contribution in [0.4, 0.5) is 0 Å². The van der Waals surface area contributed by atoms with Gasteiger partial charge >= 0.3 is 0 Å². The summed E-state index contributed by atoms with van der Waals surface area (Å²) in [7, 11) is 0. The van der Waals surface area contributed by atoms with Gasteiger partial charge < -0.3 is 14.2 Å². The third-order valence-corrected chi connectivity index (χ3v) is 4.92. The molecule has 4 atom stereocenters. The SMILES string of the molecule is C[C@@H]1[C@H](OCc2ccccc2)[C@H](C)CO[C@@H]1COCc1ccccc1. The summed E-state index contributed by atoms with van der Waals surface area (Å²) in [5.41, 5.74) is 2.40. The van der Waals surface area contributed by atoms with Gasteiger partial charge in [-0.15, -0.1) is 0 Å². The fraction of sp³-hybridized carbons (Fsp3) is 0.455. The molecule has 0 spiro atoms. The lowest BCUT2D eigenvalue weighted by Crippen LogP contribution is -2.46. The molecule has 2 aromatic rings. The molecule has 1 fully saturated rings. The minimum absolute atomic E-state index is 0.0840. The van der Waals surface area contributed by atoms with Crippen molar-refractivity contribution in [3.63, 3.8) is 0 Å². The molecule has 1 aliphatic rings. The molecule has 0 unspecified atom stereocenters. The Morgan fingerprint density at radius 2 is 1.48 bits per heavy atom. The summed E-state index contributed by atoms with van der Waals surface area (Å²) < 4.78 is 18.2. The van der Waals surface area contributed by atoms with E-state index in [1.165, 1.54) is 11.1 Å². The molecule has 0 N–H and O–H groups in total. The Morgan fingerprint density at radius 1 is 0.880 bits per heavy atom. The lowest BCUT2D eigenvalue weighted by molar-refractivity contribution is -0.163.